The first kappa shape index (κ1) is 13.1. The lowest BCUT2D eigenvalue weighted by Crippen LogP contribution is -2.11. The number of nitrogen functional groups attached to an aromatic ring is 1. The Balaban J connectivity index is 2.27. The average Bonchev–Trinajstić information content (AvgIpc) is 2.65. The monoisotopic (exact) mass is 271 g/mol. The number of hydrogen-bond donors (Lipinski definition) is 2. The molecule has 0 bridgehead atoms. The second-order valence-corrected chi connectivity index (χ2v) is 5.40. The van der Waals surface area contributed by atoms with Gasteiger partial charge in [-0.3, -0.25) is 4.79 Å². The molecule has 1 amide bonds. The van der Waals surface area contributed by atoms with Crippen LogP contribution in [0.1, 0.15) is 26.4 Å². The standard InChI is InChI=1S/C14H13N3OS/c1-8-9(2)19-14(12(8)7-15)17-13(18)10-3-5-11(16)6-4-10/h3-6H,16H2,1-2H3,(H,17,18). The Bertz CT molecular complexity index is 665. The lowest BCUT2D eigenvalue weighted by molar-refractivity contribution is 0.102. The van der Waals surface area contributed by atoms with Gasteiger partial charge in [0.05, 0.1) is 5.56 Å². The first-order chi connectivity index (χ1) is 9.02. The highest BCUT2D eigenvalue weighted by Gasteiger charge is 2.15. The molecular weight excluding hydrogens is 258 g/mol. The predicted octanol–water partition coefficient (Wildman–Crippen LogP) is 3.07. The van der Waals surface area contributed by atoms with Crippen molar-refractivity contribution in [2.75, 3.05) is 11.1 Å². The van der Waals surface area contributed by atoms with Gasteiger partial charge >= 0.3 is 0 Å². The summed E-state index contributed by atoms with van der Waals surface area (Å²) in [6.45, 7) is 3.81. The van der Waals surface area contributed by atoms with E-state index in [1.807, 2.05) is 13.8 Å². The van der Waals surface area contributed by atoms with E-state index in [1.165, 1.54) is 11.3 Å². The van der Waals surface area contributed by atoms with Crippen molar-refractivity contribution < 1.29 is 4.79 Å². The zero-order chi connectivity index (χ0) is 14.0. The molecule has 0 atom stereocenters. The fraction of sp³-hybridized carbons (Fsp3) is 0.143. The third kappa shape index (κ3) is 2.59. The molecule has 0 unspecified atom stereocenters. The van der Waals surface area contributed by atoms with E-state index < -0.39 is 0 Å². The van der Waals surface area contributed by atoms with Crippen LogP contribution in [0.15, 0.2) is 24.3 Å². The van der Waals surface area contributed by atoms with Crippen LogP contribution >= 0.6 is 11.3 Å². The first-order valence-corrected chi connectivity index (χ1v) is 6.51. The van der Waals surface area contributed by atoms with E-state index in [0.717, 1.165) is 10.4 Å². The number of carbonyl (C=O) groups excluding carboxylic acids is 1. The molecule has 0 saturated carbocycles. The maximum atomic E-state index is 12.1. The molecule has 0 saturated heterocycles. The molecule has 2 aromatic rings. The zero-order valence-corrected chi connectivity index (χ0v) is 11.5. The molecule has 4 nitrogen and oxygen atoms in total. The molecule has 0 spiro atoms. The van der Waals surface area contributed by atoms with Crippen LogP contribution in [0, 0.1) is 25.2 Å². The van der Waals surface area contributed by atoms with Crippen LogP contribution in [0.5, 0.6) is 0 Å². The molecule has 0 aliphatic heterocycles. The number of nitriles is 1. The van der Waals surface area contributed by atoms with Gasteiger partial charge < -0.3 is 11.1 Å². The fourth-order valence-corrected chi connectivity index (χ4v) is 2.67. The Labute approximate surface area is 115 Å². The van der Waals surface area contributed by atoms with Gasteiger partial charge in [0.1, 0.15) is 11.1 Å². The summed E-state index contributed by atoms with van der Waals surface area (Å²) in [5.41, 5.74) is 8.15. The lowest BCUT2D eigenvalue weighted by Gasteiger charge is -2.03. The van der Waals surface area contributed by atoms with Crippen molar-refractivity contribution in [3.05, 3.63) is 45.8 Å². The molecular formula is C14H13N3OS. The summed E-state index contributed by atoms with van der Waals surface area (Å²) in [7, 11) is 0. The topological polar surface area (TPSA) is 78.9 Å². The number of nitrogens with one attached hydrogen (secondary N) is 1. The Morgan fingerprint density at radius 3 is 2.53 bits per heavy atom. The largest absolute Gasteiger partial charge is 0.399 e. The van der Waals surface area contributed by atoms with Crippen molar-refractivity contribution in [3.63, 3.8) is 0 Å². The molecule has 0 aliphatic rings. The van der Waals surface area contributed by atoms with Gasteiger partial charge in [0.25, 0.3) is 5.91 Å². The van der Waals surface area contributed by atoms with Crippen LogP contribution in [0.4, 0.5) is 10.7 Å². The van der Waals surface area contributed by atoms with Crippen molar-refractivity contribution in [2.24, 2.45) is 0 Å². The number of benzene rings is 1. The highest BCUT2D eigenvalue weighted by Crippen LogP contribution is 2.31. The quantitative estimate of drug-likeness (QED) is 0.824. The number of anilines is 2. The number of aryl methyl sites for hydroxylation is 1. The third-order valence-corrected chi connectivity index (χ3v) is 4.02. The number of amides is 1. The van der Waals surface area contributed by atoms with Gasteiger partial charge in [0.2, 0.25) is 0 Å². The molecule has 0 radical (unpaired) electrons. The van der Waals surface area contributed by atoms with E-state index in [-0.39, 0.29) is 5.91 Å². The first-order valence-electron chi connectivity index (χ1n) is 5.70. The minimum absolute atomic E-state index is 0.238. The molecule has 1 aromatic carbocycles. The van der Waals surface area contributed by atoms with Gasteiger partial charge in [-0.15, -0.1) is 11.3 Å². The number of nitrogens with zero attached hydrogens (tertiary/aromatic N) is 1. The highest BCUT2D eigenvalue weighted by atomic mass is 32.1. The molecule has 19 heavy (non-hydrogen) atoms. The zero-order valence-electron chi connectivity index (χ0n) is 10.7. The van der Waals surface area contributed by atoms with Gasteiger partial charge in [0.15, 0.2) is 0 Å². The minimum atomic E-state index is -0.238. The predicted molar refractivity (Wildman–Crippen MR) is 77.3 cm³/mol. The van der Waals surface area contributed by atoms with Gasteiger partial charge in [-0.1, -0.05) is 0 Å². The van der Waals surface area contributed by atoms with Crippen LogP contribution in [-0.4, -0.2) is 5.91 Å². The second kappa shape index (κ2) is 5.12. The molecule has 1 aromatic heterocycles. The van der Waals surface area contributed by atoms with Gasteiger partial charge in [-0.2, -0.15) is 5.26 Å². The number of rotatable bonds is 2. The number of nitrogens with two attached hydrogens (primary N) is 1. The van der Waals surface area contributed by atoms with Crippen LogP contribution in [0.2, 0.25) is 0 Å². The number of carbonyl (C=O) groups is 1. The molecule has 0 fully saturated rings. The molecule has 0 aliphatic carbocycles. The van der Waals surface area contributed by atoms with Crippen molar-refractivity contribution in [3.8, 4) is 6.07 Å². The van der Waals surface area contributed by atoms with E-state index in [0.29, 0.717) is 21.8 Å². The van der Waals surface area contributed by atoms with Crippen LogP contribution in [0.25, 0.3) is 0 Å². The molecule has 96 valence electrons. The van der Waals surface area contributed by atoms with Crippen LogP contribution in [-0.2, 0) is 0 Å². The number of thiophene rings is 1. The smallest absolute Gasteiger partial charge is 0.256 e. The van der Waals surface area contributed by atoms with Crippen molar-refractivity contribution >= 4 is 27.9 Å². The van der Waals surface area contributed by atoms with E-state index in [2.05, 4.69) is 11.4 Å². The maximum absolute atomic E-state index is 12.1. The summed E-state index contributed by atoms with van der Waals surface area (Å²) in [6, 6.07) is 8.78. The second-order valence-electron chi connectivity index (χ2n) is 4.18. The summed E-state index contributed by atoms with van der Waals surface area (Å²) in [6.07, 6.45) is 0. The Morgan fingerprint density at radius 2 is 1.95 bits per heavy atom. The Kier molecular flexibility index (Phi) is 3.54. The Morgan fingerprint density at radius 1 is 1.32 bits per heavy atom. The van der Waals surface area contributed by atoms with E-state index in [9.17, 15) is 4.79 Å². The van der Waals surface area contributed by atoms with Gasteiger partial charge in [0, 0.05) is 16.1 Å². The SMILES string of the molecule is Cc1sc(NC(=O)c2ccc(N)cc2)c(C#N)c1C. The summed E-state index contributed by atoms with van der Waals surface area (Å²) >= 11 is 1.41. The van der Waals surface area contributed by atoms with Crippen LogP contribution < -0.4 is 11.1 Å². The maximum Gasteiger partial charge on any atom is 0.256 e. The lowest BCUT2D eigenvalue weighted by atomic mass is 10.1. The summed E-state index contributed by atoms with van der Waals surface area (Å²) in [5.74, 6) is -0.238. The minimum Gasteiger partial charge on any atom is -0.399 e. The van der Waals surface area contributed by atoms with Crippen molar-refractivity contribution in [1.82, 2.24) is 0 Å². The molecule has 2 rings (SSSR count). The van der Waals surface area contributed by atoms with Crippen LogP contribution in [0.3, 0.4) is 0 Å². The van der Waals surface area contributed by atoms with Crippen molar-refractivity contribution in [2.45, 2.75) is 13.8 Å². The van der Waals surface area contributed by atoms with E-state index in [1.54, 1.807) is 24.3 Å². The van der Waals surface area contributed by atoms with Gasteiger partial charge in [-0.25, -0.2) is 0 Å². The normalized spacial score (nSPS) is 9.95. The average molecular weight is 271 g/mol. The number of hydrogen-bond acceptors (Lipinski definition) is 4. The third-order valence-electron chi connectivity index (χ3n) is 2.90. The van der Waals surface area contributed by atoms with E-state index in [4.69, 9.17) is 11.0 Å². The Hall–Kier alpha value is -2.32. The molecule has 1 heterocycles. The van der Waals surface area contributed by atoms with Gasteiger partial charge in [-0.05, 0) is 43.7 Å². The summed E-state index contributed by atoms with van der Waals surface area (Å²) in [5, 5.41) is 12.5. The molecule has 3 N–H and O–H groups in total. The summed E-state index contributed by atoms with van der Waals surface area (Å²) in [4.78, 5) is 13.1. The van der Waals surface area contributed by atoms with Crippen molar-refractivity contribution in [1.29, 1.82) is 5.26 Å². The molecule has 5 heteroatoms. The summed E-state index contributed by atoms with van der Waals surface area (Å²) < 4.78 is 0. The fourth-order valence-electron chi connectivity index (χ4n) is 1.66. The van der Waals surface area contributed by atoms with E-state index >= 15 is 0 Å². The highest BCUT2D eigenvalue weighted by molar-refractivity contribution is 7.16.